The van der Waals surface area contributed by atoms with E-state index in [0.29, 0.717) is 5.56 Å². The molecule has 1 aromatic carbocycles. The Hall–Kier alpha value is -1.57. The van der Waals surface area contributed by atoms with Gasteiger partial charge in [-0.05, 0) is 31.6 Å². The number of rotatable bonds is 5. The summed E-state index contributed by atoms with van der Waals surface area (Å²) in [5.74, 6) is -0.0759. The van der Waals surface area contributed by atoms with Crippen molar-refractivity contribution in [3.05, 3.63) is 41.5 Å². The van der Waals surface area contributed by atoms with Crippen LogP contribution in [-0.4, -0.2) is 10.9 Å². The summed E-state index contributed by atoms with van der Waals surface area (Å²) in [6.07, 6.45) is 6.53. The van der Waals surface area contributed by atoms with E-state index in [2.05, 4.69) is 6.92 Å². The monoisotopic (exact) mass is 218 g/mol. The summed E-state index contributed by atoms with van der Waals surface area (Å²) < 4.78 is 0. The number of aromatic hydroxyl groups is 1. The van der Waals surface area contributed by atoms with Crippen LogP contribution in [0, 0.1) is 6.92 Å². The van der Waals surface area contributed by atoms with Gasteiger partial charge in [0.1, 0.15) is 5.75 Å². The number of phenolic OH excluding ortho intramolecular Hbond substituents is 1. The Morgan fingerprint density at radius 2 is 2.19 bits per heavy atom. The standard InChI is InChI=1S/C14H18O2/c1-3-4-5-6-7-13(15)12-10-11(2)8-9-14(12)16/h6-10,16H,3-5H2,1-2H3/b7-6+. The third-order valence-electron chi connectivity index (χ3n) is 2.41. The summed E-state index contributed by atoms with van der Waals surface area (Å²) >= 11 is 0. The molecule has 0 amide bonds. The van der Waals surface area contributed by atoms with Crippen LogP contribution in [0.15, 0.2) is 30.4 Å². The minimum atomic E-state index is -0.127. The van der Waals surface area contributed by atoms with Gasteiger partial charge in [0.15, 0.2) is 5.78 Å². The molecule has 1 rings (SSSR count). The van der Waals surface area contributed by atoms with Crippen molar-refractivity contribution < 1.29 is 9.90 Å². The maximum atomic E-state index is 11.7. The van der Waals surface area contributed by atoms with Gasteiger partial charge < -0.3 is 5.11 Å². The van der Waals surface area contributed by atoms with Crippen LogP contribution in [0.5, 0.6) is 5.75 Å². The van der Waals surface area contributed by atoms with Crippen molar-refractivity contribution >= 4 is 5.78 Å². The molecule has 0 bridgehead atoms. The topological polar surface area (TPSA) is 37.3 Å². The van der Waals surface area contributed by atoms with Crippen LogP contribution in [-0.2, 0) is 0 Å². The molecular weight excluding hydrogens is 200 g/mol. The Labute approximate surface area is 96.6 Å². The molecule has 0 fully saturated rings. The summed E-state index contributed by atoms with van der Waals surface area (Å²) in [5, 5.41) is 9.55. The van der Waals surface area contributed by atoms with Crippen LogP contribution < -0.4 is 0 Å². The molecule has 0 spiro atoms. The van der Waals surface area contributed by atoms with E-state index in [1.54, 1.807) is 24.3 Å². The molecule has 16 heavy (non-hydrogen) atoms. The molecule has 0 heterocycles. The van der Waals surface area contributed by atoms with Gasteiger partial charge in [-0.25, -0.2) is 0 Å². The molecule has 0 aromatic heterocycles. The summed E-state index contributed by atoms with van der Waals surface area (Å²) in [7, 11) is 0. The Bertz CT molecular complexity index is 392. The van der Waals surface area contributed by atoms with Crippen LogP contribution in [0.4, 0.5) is 0 Å². The first-order chi connectivity index (χ1) is 7.65. The quantitative estimate of drug-likeness (QED) is 0.465. The third-order valence-corrected chi connectivity index (χ3v) is 2.41. The Morgan fingerprint density at radius 3 is 2.88 bits per heavy atom. The highest BCUT2D eigenvalue weighted by molar-refractivity contribution is 6.06. The van der Waals surface area contributed by atoms with Gasteiger partial charge >= 0.3 is 0 Å². The Morgan fingerprint density at radius 1 is 1.44 bits per heavy atom. The second kappa shape index (κ2) is 6.11. The molecule has 0 radical (unpaired) electrons. The molecule has 0 unspecified atom stereocenters. The summed E-state index contributed by atoms with van der Waals surface area (Å²) in [6.45, 7) is 4.01. The van der Waals surface area contributed by atoms with Gasteiger partial charge in [-0.3, -0.25) is 4.79 Å². The summed E-state index contributed by atoms with van der Waals surface area (Å²) in [5.41, 5.74) is 1.36. The molecule has 0 aliphatic carbocycles. The zero-order valence-corrected chi connectivity index (χ0v) is 9.86. The number of hydrogen-bond acceptors (Lipinski definition) is 2. The average Bonchev–Trinajstić information content (AvgIpc) is 2.27. The van der Waals surface area contributed by atoms with E-state index in [9.17, 15) is 9.90 Å². The second-order valence-electron chi connectivity index (χ2n) is 3.93. The number of ketones is 1. The van der Waals surface area contributed by atoms with Gasteiger partial charge in [-0.1, -0.05) is 37.5 Å². The molecule has 1 N–H and O–H groups in total. The average molecular weight is 218 g/mol. The number of allylic oxidation sites excluding steroid dienone is 2. The van der Waals surface area contributed by atoms with Gasteiger partial charge in [-0.15, -0.1) is 0 Å². The molecule has 0 atom stereocenters. The van der Waals surface area contributed by atoms with Gasteiger partial charge in [0, 0.05) is 0 Å². The van der Waals surface area contributed by atoms with E-state index in [1.807, 2.05) is 13.0 Å². The fourth-order valence-corrected chi connectivity index (χ4v) is 1.45. The molecule has 0 saturated heterocycles. The highest BCUT2D eigenvalue weighted by Crippen LogP contribution is 2.19. The zero-order chi connectivity index (χ0) is 12.0. The second-order valence-corrected chi connectivity index (χ2v) is 3.93. The molecule has 0 aliphatic heterocycles. The summed E-state index contributed by atoms with van der Waals surface area (Å²) in [6, 6.07) is 5.05. The van der Waals surface area contributed by atoms with Crippen LogP contribution in [0.2, 0.25) is 0 Å². The minimum Gasteiger partial charge on any atom is -0.507 e. The molecule has 2 heteroatoms. The van der Waals surface area contributed by atoms with E-state index in [1.165, 1.54) is 0 Å². The maximum absolute atomic E-state index is 11.7. The van der Waals surface area contributed by atoms with Gasteiger partial charge in [0.05, 0.1) is 5.56 Å². The van der Waals surface area contributed by atoms with Crippen LogP contribution >= 0.6 is 0 Å². The van der Waals surface area contributed by atoms with Crippen molar-refractivity contribution in [2.75, 3.05) is 0 Å². The van der Waals surface area contributed by atoms with Gasteiger partial charge in [-0.2, -0.15) is 0 Å². The predicted molar refractivity (Wildman–Crippen MR) is 65.8 cm³/mol. The Balaban J connectivity index is 2.72. The predicted octanol–water partition coefficient (Wildman–Crippen LogP) is 3.63. The van der Waals surface area contributed by atoms with Crippen LogP contribution in [0.25, 0.3) is 0 Å². The first-order valence-corrected chi connectivity index (χ1v) is 5.65. The fourth-order valence-electron chi connectivity index (χ4n) is 1.45. The van der Waals surface area contributed by atoms with Crippen LogP contribution in [0.3, 0.4) is 0 Å². The largest absolute Gasteiger partial charge is 0.507 e. The Kier molecular flexibility index (Phi) is 4.77. The maximum Gasteiger partial charge on any atom is 0.189 e. The van der Waals surface area contributed by atoms with E-state index in [4.69, 9.17) is 0 Å². The first kappa shape index (κ1) is 12.5. The summed E-state index contributed by atoms with van der Waals surface area (Å²) in [4.78, 5) is 11.7. The van der Waals surface area contributed by atoms with Gasteiger partial charge in [0.2, 0.25) is 0 Å². The highest BCUT2D eigenvalue weighted by atomic mass is 16.3. The molecular formula is C14H18O2. The van der Waals surface area contributed by atoms with E-state index in [-0.39, 0.29) is 11.5 Å². The lowest BCUT2D eigenvalue weighted by Gasteiger charge is -2.01. The SMILES string of the molecule is CCCC/C=C/C(=O)c1cc(C)ccc1O. The van der Waals surface area contributed by atoms with Crippen molar-refractivity contribution in [1.82, 2.24) is 0 Å². The lowest BCUT2D eigenvalue weighted by Crippen LogP contribution is -1.95. The number of unbranched alkanes of at least 4 members (excludes halogenated alkanes) is 2. The highest BCUT2D eigenvalue weighted by Gasteiger charge is 2.07. The lowest BCUT2D eigenvalue weighted by molar-refractivity contribution is 0.104. The third kappa shape index (κ3) is 3.54. The van der Waals surface area contributed by atoms with Crippen molar-refractivity contribution in [1.29, 1.82) is 0 Å². The lowest BCUT2D eigenvalue weighted by atomic mass is 10.1. The first-order valence-electron chi connectivity index (χ1n) is 5.65. The number of carbonyl (C=O) groups excluding carboxylic acids is 1. The number of benzene rings is 1. The normalized spacial score (nSPS) is 10.9. The molecule has 1 aromatic rings. The minimum absolute atomic E-state index is 0.0516. The van der Waals surface area contributed by atoms with Crippen molar-refractivity contribution in [3.8, 4) is 5.75 Å². The molecule has 0 saturated carbocycles. The number of carbonyl (C=O) groups is 1. The number of aryl methyl sites for hydroxylation is 1. The van der Waals surface area contributed by atoms with Gasteiger partial charge in [0.25, 0.3) is 0 Å². The van der Waals surface area contributed by atoms with E-state index < -0.39 is 0 Å². The fraction of sp³-hybridized carbons (Fsp3) is 0.357. The molecule has 2 nitrogen and oxygen atoms in total. The zero-order valence-electron chi connectivity index (χ0n) is 9.86. The van der Waals surface area contributed by atoms with Crippen LogP contribution in [0.1, 0.15) is 42.1 Å². The molecule has 0 aliphatic rings. The molecule has 86 valence electrons. The smallest absolute Gasteiger partial charge is 0.189 e. The van der Waals surface area contributed by atoms with Crippen molar-refractivity contribution in [3.63, 3.8) is 0 Å². The van der Waals surface area contributed by atoms with E-state index in [0.717, 1.165) is 24.8 Å². The van der Waals surface area contributed by atoms with E-state index >= 15 is 0 Å². The van der Waals surface area contributed by atoms with Crippen molar-refractivity contribution in [2.45, 2.75) is 33.1 Å². The number of phenols is 1. The van der Waals surface area contributed by atoms with Crippen molar-refractivity contribution in [2.24, 2.45) is 0 Å². The number of hydrogen-bond donors (Lipinski definition) is 1.